The van der Waals surface area contributed by atoms with Crippen LogP contribution in [0.25, 0.3) is 0 Å². The summed E-state index contributed by atoms with van der Waals surface area (Å²) in [5.41, 5.74) is 2.82. The lowest BCUT2D eigenvalue weighted by molar-refractivity contribution is 0.978. The molecule has 0 amide bonds. The Balaban J connectivity index is 0. The lowest BCUT2D eigenvalue weighted by Gasteiger charge is -2.05. The van der Waals surface area contributed by atoms with Gasteiger partial charge in [0.1, 0.15) is 0 Å². The van der Waals surface area contributed by atoms with E-state index < -0.39 is 0 Å². The Labute approximate surface area is 114 Å². The van der Waals surface area contributed by atoms with Gasteiger partial charge in [0.25, 0.3) is 0 Å². The molecule has 0 bridgehead atoms. The number of terminal acetylenes is 1. The smallest absolute Gasteiger partial charge is 0.0242 e. The van der Waals surface area contributed by atoms with Gasteiger partial charge in [-0.2, -0.15) is 0 Å². The molecule has 0 aliphatic heterocycles. The summed E-state index contributed by atoms with van der Waals surface area (Å²) in [7, 11) is 0. The van der Waals surface area contributed by atoms with Crippen molar-refractivity contribution in [2.75, 3.05) is 0 Å². The Hall–Kier alpha value is -1.74. The van der Waals surface area contributed by atoms with Gasteiger partial charge in [0.15, 0.2) is 0 Å². The first kappa shape index (κ1) is 18.6. The molecule has 0 radical (unpaired) electrons. The van der Waals surface area contributed by atoms with Crippen molar-refractivity contribution < 1.29 is 0 Å². The number of hydrogen-bond donors (Lipinski definition) is 0. The van der Waals surface area contributed by atoms with Gasteiger partial charge in [0.05, 0.1) is 0 Å². The lowest BCUT2D eigenvalue weighted by Crippen LogP contribution is -1.85. The van der Waals surface area contributed by atoms with Crippen LogP contribution in [0.15, 0.2) is 60.3 Å². The lowest BCUT2D eigenvalue weighted by atomic mass is 10.0. The SMILES string of the molecule is C#C.C=C/C=C\CCC(=C\C=C/C)/C(C)=C\CC. The molecule has 0 atom stereocenters. The first-order valence-electron chi connectivity index (χ1n) is 6.36. The highest BCUT2D eigenvalue weighted by molar-refractivity contribution is 5.32. The molecular formula is C18H26. The van der Waals surface area contributed by atoms with Crippen LogP contribution in [0.2, 0.25) is 0 Å². The molecule has 0 aromatic rings. The topological polar surface area (TPSA) is 0 Å². The average molecular weight is 242 g/mol. The quantitative estimate of drug-likeness (QED) is 0.401. The van der Waals surface area contributed by atoms with Gasteiger partial charge < -0.3 is 0 Å². The summed E-state index contributed by atoms with van der Waals surface area (Å²) in [6.45, 7) is 10.1. The van der Waals surface area contributed by atoms with Crippen LogP contribution < -0.4 is 0 Å². The maximum Gasteiger partial charge on any atom is -0.0242 e. The highest BCUT2D eigenvalue weighted by Gasteiger charge is 1.97. The van der Waals surface area contributed by atoms with Crippen LogP contribution in [0.1, 0.15) is 40.0 Å². The fourth-order valence-electron chi connectivity index (χ4n) is 1.49. The van der Waals surface area contributed by atoms with E-state index in [1.807, 2.05) is 19.1 Å². The second-order valence-corrected chi connectivity index (χ2v) is 3.72. The Morgan fingerprint density at radius 2 is 1.89 bits per heavy atom. The molecule has 0 aromatic carbocycles. The highest BCUT2D eigenvalue weighted by atomic mass is 14.0. The molecule has 98 valence electrons. The number of rotatable bonds is 7. The zero-order valence-corrected chi connectivity index (χ0v) is 12.0. The maximum absolute atomic E-state index is 4.00. The minimum atomic E-state index is 1.07. The van der Waals surface area contributed by atoms with Gasteiger partial charge in [0, 0.05) is 0 Å². The zero-order valence-electron chi connectivity index (χ0n) is 12.0. The van der Waals surface area contributed by atoms with Gasteiger partial charge in [-0.1, -0.05) is 61.6 Å². The van der Waals surface area contributed by atoms with E-state index in [2.05, 4.69) is 63.7 Å². The molecule has 0 heterocycles. The third-order valence-corrected chi connectivity index (χ3v) is 2.36. The van der Waals surface area contributed by atoms with Gasteiger partial charge in [0.2, 0.25) is 0 Å². The molecule has 18 heavy (non-hydrogen) atoms. The molecule has 0 saturated carbocycles. The van der Waals surface area contributed by atoms with Crippen LogP contribution in [-0.2, 0) is 0 Å². The second kappa shape index (κ2) is 15.3. The van der Waals surface area contributed by atoms with E-state index in [9.17, 15) is 0 Å². The summed E-state index contributed by atoms with van der Waals surface area (Å²) in [5, 5.41) is 0. The minimum Gasteiger partial charge on any atom is -0.124 e. The normalized spacial score (nSPS) is 12.5. The number of hydrogen-bond acceptors (Lipinski definition) is 0. The molecule has 0 aliphatic carbocycles. The Morgan fingerprint density at radius 1 is 1.22 bits per heavy atom. The Kier molecular flexibility index (Phi) is 15.8. The van der Waals surface area contributed by atoms with Crippen LogP contribution in [0, 0.1) is 12.8 Å². The molecule has 0 N–H and O–H groups in total. The Bertz CT molecular complexity index is 332. The zero-order chi connectivity index (χ0) is 14.2. The third-order valence-electron chi connectivity index (χ3n) is 2.36. The standard InChI is InChI=1S/C16H24.C2H2/c1-5-8-10-11-14-16(13-9-6-2)15(4)12-7-3;1-2/h5-6,8-10,12-13H,1,7,11,14H2,2-4H3;1-2H/b9-6-,10-8-,15-12-,16-13+;. The summed E-state index contributed by atoms with van der Waals surface area (Å²) < 4.78 is 0. The maximum atomic E-state index is 4.00. The molecule has 0 unspecified atom stereocenters. The Morgan fingerprint density at radius 3 is 2.39 bits per heavy atom. The van der Waals surface area contributed by atoms with Crippen molar-refractivity contribution in [3.05, 3.63) is 60.3 Å². The first-order valence-corrected chi connectivity index (χ1v) is 6.36. The van der Waals surface area contributed by atoms with Gasteiger partial charge >= 0.3 is 0 Å². The van der Waals surface area contributed by atoms with E-state index in [-0.39, 0.29) is 0 Å². The van der Waals surface area contributed by atoms with Crippen molar-refractivity contribution in [3.8, 4) is 12.8 Å². The van der Waals surface area contributed by atoms with Gasteiger partial charge in [-0.15, -0.1) is 12.8 Å². The number of allylic oxidation sites excluding steroid dienone is 9. The summed E-state index contributed by atoms with van der Waals surface area (Å²) in [4.78, 5) is 0. The predicted octanol–water partition coefficient (Wildman–Crippen LogP) is 5.62. The van der Waals surface area contributed by atoms with Crippen molar-refractivity contribution in [1.29, 1.82) is 0 Å². The monoisotopic (exact) mass is 242 g/mol. The highest BCUT2D eigenvalue weighted by Crippen LogP contribution is 2.17. The van der Waals surface area contributed by atoms with E-state index in [0.29, 0.717) is 0 Å². The summed E-state index contributed by atoms with van der Waals surface area (Å²) in [6, 6.07) is 0. The fourth-order valence-corrected chi connectivity index (χ4v) is 1.49. The fraction of sp³-hybridized carbons (Fsp3) is 0.333. The molecule has 0 nitrogen and oxygen atoms in total. The predicted molar refractivity (Wildman–Crippen MR) is 85.4 cm³/mol. The molecule has 0 heteroatoms. The summed E-state index contributed by atoms with van der Waals surface area (Å²) in [6.07, 6.45) is 25.9. The first-order chi connectivity index (χ1) is 8.76. The van der Waals surface area contributed by atoms with E-state index in [1.54, 1.807) is 0 Å². The molecule has 0 rings (SSSR count). The molecule has 0 spiro atoms. The van der Waals surface area contributed by atoms with Gasteiger partial charge in [-0.05, 0) is 38.7 Å². The second-order valence-electron chi connectivity index (χ2n) is 3.72. The molecule has 0 fully saturated rings. The summed E-state index contributed by atoms with van der Waals surface area (Å²) >= 11 is 0. The van der Waals surface area contributed by atoms with Crippen molar-refractivity contribution in [1.82, 2.24) is 0 Å². The summed E-state index contributed by atoms with van der Waals surface area (Å²) in [5.74, 6) is 0. The van der Waals surface area contributed by atoms with Gasteiger partial charge in [-0.3, -0.25) is 0 Å². The van der Waals surface area contributed by atoms with Crippen molar-refractivity contribution in [3.63, 3.8) is 0 Å². The van der Waals surface area contributed by atoms with Crippen LogP contribution in [0.4, 0.5) is 0 Å². The van der Waals surface area contributed by atoms with Crippen molar-refractivity contribution in [2.45, 2.75) is 40.0 Å². The molecule has 0 aliphatic rings. The molecular weight excluding hydrogens is 216 g/mol. The molecule has 0 saturated heterocycles. The minimum absolute atomic E-state index is 1.07. The molecule has 0 aromatic heterocycles. The average Bonchev–Trinajstić information content (AvgIpc) is 2.40. The van der Waals surface area contributed by atoms with Crippen LogP contribution in [0.5, 0.6) is 0 Å². The van der Waals surface area contributed by atoms with E-state index in [0.717, 1.165) is 19.3 Å². The van der Waals surface area contributed by atoms with E-state index >= 15 is 0 Å². The van der Waals surface area contributed by atoms with E-state index in [4.69, 9.17) is 0 Å². The largest absolute Gasteiger partial charge is 0.124 e. The van der Waals surface area contributed by atoms with Gasteiger partial charge in [-0.25, -0.2) is 0 Å². The van der Waals surface area contributed by atoms with Crippen LogP contribution in [-0.4, -0.2) is 0 Å². The van der Waals surface area contributed by atoms with Crippen LogP contribution >= 0.6 is 0 Å². The van der Waals surface area contributed by atoms with Crippen molar-refractivity contribution >= 4 is 0 Å². The van der Waals surface area contributed by atoms with E-state index in [1.165, 1.54) is 11.1 Å². The third kappa shape index (κ3) is 10.8. The van der Waals surface area contributed by atoms with Crippen LogP contribution in [0.3, 0.4) is 0 Å². The van der Waals surface area contributed by atoms with Crippen molar-refractivity contribution in [2.24, 2.45) is 0 Å².